The molecular weight excluding hydrogens is 437 g/mol. The number of benzene rings is 1. The molecule has 4 nitrogen and oxygen atoms in total. The molecule has 1 aromatic heterocycles. The summed E-state index contributed by atoms with van der Waals surface area (Å²) in [4.78, 5) is 15.6. The third-order valence-corrected chi connectivity index (χ3v) is 5.80. The number of rotatable bonds is 1. The number of nitrogens with one attached hydrogen (secondary N) is 1. The molecule has 1 N–H and O–H groups in total. The maximum atomic E-state index is 13.5. The molecule has 8 heteroatoms. The average Bonchev–Trinajstić information content (AvgIpc) is 2.99. The van der Waals surface area contributed by atoms with Crippen molar-refractivity contribution in [3.8, 4) is 16.3 Å². The second-order valence-corrected chi connectivity index (χ2v) is 7.93. The molecule has 0 saturated heterocycles. The highest BCUT2D eigenvalue weighted by molar-refractivity contribution is 9.11. The molecule has 0 unspecified atom stereocenters. The smallest absolute Gasteiger partial charge is 0.283 e. The SMILES string of the molecule is O=c1c2c[nH]c3ccc(F)cc3c-2nn1-c1sc(Br)cc1Br. The van der Waals surface area contributed by atoms with Gasteiger partial charge in [0.15, 0.2) is 0 Å². The summed E-state index contributed by atoms with van der Waals surface area (Å²) in [5, 5.41) is 5.66. The summed E-state index contributed by atoms with van der Waals surface area (Å²) in [6.07, 6.45) is 1.61. The highest BCUT2D eigenvalue weighted by Gasteiger charge is 2.21. The maximum absolute atomic E-state index is 13.5. The number of aromatic nitrogens is 3. The summed E-state index contributed by atoms with van der Waals surface area (Å²) in [7, 11) is 0. The lowest BCUT2D eigenvalue weighted by Gasteiger charge is -2.02. The predicted octanol–water partition coefficient (Wildman–Crippen LogP) is 4.54. The molecule has 1 aromatic carbocycles. The van der Waals surface area contributed by atoms with E-state index in [1.807, 2.05) is 6.07 Å². The van der Waals surface area contributed by atoms with E-state index in [0.29, 0.717) is 21.6 Å². The minimum Gasteiger partial charge on any atom is -0.360 e. The fourth-order valence-corrected chi connectivity index (χ4v) is 4.86. The van der Waals surface area contributed by atoms with Crippen molar-refractivity contribution < 1.29 is 4.39 Å². The van der Waals surface area contributed by atoms with E-state index in [9.17, 15) is 9.18 Å². The van der Waals surface area contributed by atoms with Crippen molar-refractivity contribution in [2.24, 2.45) is 0 Å². The van der Waals surface area contributed by atoms with Crippen LogP contribution in [0.5, 0.6) is 0 Å². The van der Waals surface area contributed by atoms with Gasteiger partial charge in [0.2, 0.25) is 0 Å². The Morgan fingerprint density at radius 1 is 1.27 bits per heavy atom. The molecule has 0 amide bonds. The Morgan fingerprint density at radius 2 is 2.09 bits per heavy atom. The Balaban J connectivity index is 2.10. The normalized spacial score (nSPS) is 11.6. The van der Waals surface area contributed by atoms with Crippen molar-refractivity contribution in [3.63, 3.8) is 0 Å². The van der Waals surface area contributed by atoms with Crippen molar-refractivity contribution in [2.75, 3.05) is 0 Å². The molecule has 2 aromatic rings. The van der Waals surface area contributed by atoms with E-state index in [1.165, 1.54) is 28.2 Å². The second-order valence-electron chi connectivity index (χ2n) is 4.66. The third-order valence-electron chi connectivity index (χ3n) is 3.32. The Labute approximate surface area is 144 Å². The summed E-state index contributed by atoms with van der Waals surface area (Å²) in [6.45, 7) is 0. The van der Waals surface area contributed by atoms with Crippen LogP contribution in [0.25, 0.3) is 27.2 Å². The summed E-state index contributed by atoms with van der Waals surface area (Å²) < 4.78 is 16.5. The fraction of sp³-hybridized carbons (Fsp3) is 0. The number of thiophene rings is 1. The number of nitrogens with zero attached hydrogens (tertiary/aromatic N) is 2. The van der Waals surface area contributed by atoms with Gasteiger partial charge in [0.1, 0.15) is 16.5 Å². The van der Waals surface area contributed by atoms with Crippen molar-refractivity contribution in [1.82, 2.24) is 14.8 Å². The third kappa shape index (κ3) is 2.05. The first-order valence-corrected chi connectivity index (χ1v) is 8.60. The first-order chi connectivity index (χ1) is 10.5. The zero-order valence-electron chi connectivity index (χ0n) is 10.7. The van der Waals surface area contributed by atoms with E-state index < -0.39 is 0 Å². The van der Waals surface area contributed by atoms with Crippen LogP contribution in [0.3, 0.4) is 0 Å². The number of aromatic amines is 1. The number of hydrogen-bond acceptors (Lipinski definition) is 3. The van der Waals surface area contributed by atoms with Crippen LogP contribution in [-0.4, -0.2) is 14.8 Å². The van der Waals surface area contributed by atoms with E-state index in [-0.39, 0.29) is 11.4 Å². The summed E-state index contributed by atoms with van der Waals surface area (Å²) in [6, 6.07) is 6.23. The van der Waals surface area contributed by atoms with Gasteiger partial charge >= 0.3 is 0 Å². The Hall–Kier alpha value is -1.51. The molecule has 0 saturated carbocycles. The lowest BCUT2D eigenvalue weighted by Crippen LogP contribution is -2.13. The van der Waals surface area contributed by atoms with Gasteiger partial charge in [0.05, 0.1) is 13.8 Å². The van der Waals surface area contributed by atoms with E-state index in [4.69, 9.17) is 0 Å². The number of fused-ring (bicyclic) bond motifs is 3. The fourth-order valence-electron chi connectivity index (χ4n) is 2.35. The largest absolute Gasteiger partial charge is 0.360 e. The molecule has 110 valence electrons. The standard InChI is InChI=1S/C14H6Br2FN3OS/c15-9-4-11(16)22-14(9)20-13(21)8-5-18-10-2-1-6(17)3-7(10)12(8)19-20/h1-5,18H. The Morgan fingerprint density at radius 3 is 2.82 bits per heavy atom. The molecule has 2 aliphatic heterocycles. The van der Waals surface area contributed by atoms with Crippen LogP contribution in [-0.2, 0) is 0 Å². The number of halogens is 3. The molecule has 0 aliphatic carbocycles. The molecular formula is C14H6Br2FN3OS. The topological polar surface area (TPSA) is 50.7 Å². The minimum atomic E-state index is -0.365. The van der Waals surface area contributed by atoms with Gasteiger partial charge in [-0.2, -0.15) is 9.78 Å². The van der Waals surface area contributed by atoms with Crippen LogP contribution in [0.4, 0.5) is 4.39 Å². The maximum Gasteiger partial charge on any atom is 0.283 e. The van der Waals surface area contributed by atoms with Crippen molar-refractivity contribution in [3.05, 3.63) is 54.9 Å². The van der Waals surface area contributed by atoms with Crippen molar-refractivity contribution in [2.45, 2.75) is 0 Å². The summed E-state index contributed by atoms with van der Waals surface area (Å²) >= 11 is 8.20. The molecule has 3 heterocycles. The molecule has 22 heavy (non-hydrogen) atoms. The van der Waals surface area contributed by atoms with Crippen LogP contribution in [0, 0.1) is 5.82 Å². The van der Waals surface area contributed by atoms with Crippen LogP contribution < -0.4 is 5.56 Å². The predicted molar refractivity (Wildman–Crippen MR) is 91.5 cm³/mol. The van der Waals surface area contributed by atoms with Crippen LogP contribution >= 0.6 is 43.2 Å². The van der Waals surface area contributed by atoms with E-state index >= 15 is 0 Å². The van der Waals surface area contributed by atoms with Gasteiger partial charge in [-0.25, -0.2) is 4.39 Å². The van der Waals surface area contributed by atoms with Gasteiger partial charge in [-0.1, -0.05) is 0 Å². The van der Waals surface area contributed by atoms with E-state index in [1.54, 1.807) is 12.3 Å². The first-order valence-electron chi connectivity index (χ1n) is 6.19. The molecule has 0 fully saturated rings. The van der Waals surface area contributed by atoms with Gasteiger partial charge in [-0.3, -0.25) is 4.79 Å². The zero-order chi connectivity index (χ0) is 15.4. The Kier molecular flexibility index (Phi) is 3.21. The first kappa shape index (κ1) is 14.1. The lowest BCUT2D eigenvalue weighted by atomic mass is 10.1. The van der Waals surface area contributed by atoms with Crippen molar-refractivity contribution in [1.29, 1.82) is 0 Å². The highest BCUT2D eigenvalue weighted by atomic mass is 79.9. The van der Waals surface area contributed by atoms with E-state index in [0.717, 1.165) is 13.8 Å². The van der Waals surface area contributed by atoms with Gasteiger partial charge < -0.3 is 4.98 Å². The summed E-state index contributed by atoms with van der Waals surface area (Å²) in [5.74, 6) is -0.365. The molecule has 0 atom stereocenters. The molecule has 0 bridgehead atoms. The Bertz CT molecular complexity index is 1050. The van der Waals surface area contributed by atoms with Crippen LogP contribution in [0.15, 0.2) is 43.5 Å². The van der Waals surface area contributed by atoms with E-state index in [2.05, 4.69) is 41.9 Å². The number of hydrogen-bond donors (Lipinski definition) is 1. The molecule has 4 rings (SSSR count). The van der Waals surface area contributed by atoms with Gasteiger partial charge in [-0.05, 0) is 56.1 Å². The molecule has 0 radical (unpaired) electrons. The van der Waals surface area contributed by atoms with Crippen molar-refractivity contribution >= 4 is 54.1 Å². The van der Waals surface area contributed by atoms with Gasteiger partial charge in [0, 0.05) is 17.1 Å². The summed E-state index contributed by atoms with van der Waals surface area (Å²) in [5.41, 5.74) is 1.39. The quantitative estimate of drug-likeness (QED) is 0.470. The number of H-pyrrole nitrogens is 1. The monoisotopic (exact) mass is 441 g/mol. The molecule has 0 spiro atoms. The van der Waals surface area contributed by atoms with Crippen LogP contribution in [0.1, 0.15) is 0 Å². The average molecular weight is 443 g/mol. The highest BCUT2D eigenvalue weighted by Crippen LogP contribution is 2.35. The zero-order valence-corrected chi connectivity index (χ0v) is 14.7. The van der Waals surface area contributed by atoms with Gasteiger partial charge in [-0.15, -0.1) is 11.3 Å². The second kappa shape index (κ2) is 5.00. The van der Waals surface area contributed by atoms with Crippen LogP contribution in [0.2, 0.25) is 0 Å². The number of pyridine rings is 1. The molecule has 2 aliphatic rings. The minimum absolute atomic E-state index is 0.243. The van der Waals surface area contributed by atoms with Gasteiger partial charge in [0.25, 0.3) is 5.56 Å². The lowest BCUT2D eigenvalue weighted by molar-refractivity contribution is 0.629.